The van der Waals surface area contributed by atoms with Crippen LogP contribution in [0.25, 0.3) is 0 Å². The van der Waals surface area contributed by atoms with Gasteiger partial charge >= 0.3 is 13.8 Å². The maximum absolute atomic E-state index is 12.8. The summed E-state index contributed by atoms with van der Waals surface area (Å²) in [6.07, 6.45) is 57.2. The van der Waals surface area contributed by atoms with Crippen molar-refractivity contribution in [1.29, 1.82) is 0 Å². The molecule has 0 radical (unpaired) electrons. The molecule has 2 unspecified atom stereocenters. The molecule has 0 spiro atoms. The summed E-state index contributed by atoms with van der Waals surface area (Å²) in [6.45, 7) is 5.60. The second-order valence-corrected chi connectivity index (χ2v) is 20.0. The Morgan fingerprint density at radius 3 is 1.32 bits per heavy atom. The largest absolute Gasteiger partial charge is 0.472 e. The van der Waals surface area contributed by atoms with E-state index in [-0.39, 0.29) is 25.8 Å². The van der Waals surface area contributed by atoms with Crippen LogP contribution in [-0.2, 0) is 27.9 Å². The van der Waals surface area contributed by atoms with Crippen LogP contribution in [0.2, 0.25) is 0 Å². The van der Waals surface area contributed by atoms with Gasteiger partial charge < -0.3 is 18.9 Å². The number of phosphoric acid groups is 1. The Kier molecular flexibility index (Phi) is 44.9. The highest BCUT2D eigenvalue weighted by molar-refractivity contribution is 7.47. The molecule has 1 N–H and O–H groups in total. The number of phosphoric ester groups is 1. The SMILES string of the molecule is CCCCCC/C=C\C/C=C\CCCCCCCCCCOCC(COP(=O)(O)OCC[N+](C)(C)C)OC(=O)CCCCCCCCCCC/C=C\C/C=C\CCCCCCC. The van der Waals surface area contributed by atoms with Gasteiger partial charge in [-0.05, 0) is 77.0 Å². The van der Waals surface area contributed by atoms with Crippen LogP contribution in [0.15, 0.2) is 48.6 Å². The number of hydrogen-bond donors (Lipinski definition) is 1. The lowest BCUT2D eigenvalue weighted by atomic mass is 10.1. The first kappa shape index (κ1) is 60.5. The molecule has 0 aromatic heterocycles. The zero-order valence-corrected chi connectivity index (χ0v) is 42.3. The van der Waals surface area contributed by atoms with E-state index < -0.39 is 13.9 Å². The van der Waals surface area contributed by atoms with Gasteiger partial charge in [-0.1, -0.05) is 191 Å². The number of quaternary nitrogens is 1. The highest BCUT2D eigenvalue weighted by Crippen LogP contribution is 2.43. The van der Waals surface area contributed by atoms with E-state index in [9.17, 15) is 14.3 Å². The van der Waals surface area contributed by atoms with Crippen molar-refractivity contribution in [2.24, 2.45) is 0 Å². The van der Waals surface area contributed by atoms with E-state index in [0.29, 0.717) is 24.1 Å². The highest BCUT2D eigenvalue weighted by Gasteiger charge is 2.26. The van der Waals surface area contributed by atoms with Crippen LogP contribution in [0.4, 0.5) is 0 Å². The smallest absolute Gasteiger partial charge is 0.457 e. The topological polar surface area (TPSA) is 91.3 Å². The summed E-state index contributed by atoms with van der Waals surface area (Å²) in [7, 11) is 1.66. The van der Waals surface area contributed by atoms with Crippen molar-refractivity contribution in [3.63, 3.8) is 0 Å². The van der Waals surface area contributed by atoms with Crippen molar-refractivity contribution in [3.05, 3.63) is 48.6 Å². The number of likely N-dealkylation sites (N-methyl/N-ethyl adjacent to an activating group) is 1. The monoisotopic (exact) mass is 895 g/mol. The summed E-state index contributed by atoms with van der Waals surface area (Å²) in [4.78, 5) is 23.0. The van der Waals surface area contributed by atoms with Crippen molar-refractivity contribution in [3.8, 4) is 0 Å². The maximum Gasteiger partial charge on any atom is 0.472 e. The molecule has 0 aromatic carbocycles. The summed E-state index contributed by atoms with van der Waals surface area (Å²) in [5, 5.41) is 0. The number of carbonyl (C=O) groups is 1. The van der Waals surface area contributed by atoms with Gasteiger partial charge in [0.1, 0.15) is 19.3 Å². The number of allylic oxidation sites excluding steroid dienone is 8. The molecule has 0 fully saturated rings. The van der Waals surface area contributed by atoms with Crippen molar-refractivity contribution >= 4 is 13.8 Å². The molecule has 0 rings (SSSR count). The Morgan fingerprint density at radius 1 is 0.500 bits per heavy atom. The Balaban J connectivity index is 4.16. The van der Waals surface area contributed by atoms with Crippen molar-refractivity contribution < 1.29 is 37.3 Å². The van der Waals surface area contributed by atoms with Crippen LogP contribution in [0, 0.1) is 0 Å². The molecule has 8 nitrogen and oxygen atoms in total. The standard InChI is InChI=1S/C53H100NO7P/c1-6-8-10-12-14-16-18-20-22-24-26-27-28-30-32-34-36-38-40-42-44-46-53(55)61-52(51-60-62(56,57)59-49-47-54(3,4)5)50-58-48-45-43-41-39-37-35-33-31-29-25-23-21-19-17-15-13-11-9-7-2/h17-20,23-26,52H,6-16,21-22,27-51H2,1-5H3/p+1/b19-17-,20-18-,25-23-,26-24-. The first-order chi connectivity index (χ1) is 30.1. The molecule has 0 heterocycles. The van der Waals surface area contributed by atoms with Gasteiger partial charge in [0.15, 0.2) is 0 Å². The number of hydrogen-bond acceptors (Lipinski definition) is 6. The number of esters is 1. The summed E-state index contributed by atoms with van der Waals surface area (Å²) in [6, 6.07) is 0. The molecule has 0 amide bonds. The van der Waals surface area contributed by atoms with Crippen LogP contribution in [0.5, 0.6) is 0 Å². The highest BCUT2D eigenvalue weighted by atomic mass is 31.2. The van der Waals surface area contributed by atoms with Gasteiger partial charge in [0.25, 0.3) is 0 Å². The normalized spacial score (nSPS) is 14.0. The summed E-state index contributed by atoms with van der Waals surface area (Å²) < 4.78 is 35.2. The molecule has 0 bridgehead atoms. The lowest BCUT2D eigenvalue weighted by Gasteiger charge is -2.24. The third-order valence-corrected chi connectivity index (χ3v) is 12.1. The molecular weight excluding hydrogens is 794 g/mol. The molecule has 0 aliphatic carbocycles. The molecule has 62 heavy (non-hydrogen) atoms. The summed E-state index contributed by atoms with van der Waals surface area (Å²) in [5.41, 5.74) is 0. The van der Waals surface area contributed by atoms with Crippen molar-refractivity contribution in [1.82, 2.24) is 0 Å². The molecular formula is C53H101NO7P+. The fourth-order valence-electron chi connectivity index (χ4n) is 7.08. The predicted molar refractivity (Wildman–Crippen MR) is 266 cm³/mol. The second kappa shape index (κ2) is 46.0. The molecule has 2 atom stereocenters. The minimum Gasteiger partial charge on any atom is -0.457 e. The maximum atomic E-state index is 12.8. The Labute approximate surface area is 384 Å². The number of ether oxygens (including phenoxy) is 2. The lowest BCUT2D eigenvalue weighted by Crippen LogP contribution is -2.37. The zero-order chi connectivity index (χ0) is 45.5. The molecule has 0 aromatic rings. The third-order valence-electron chi connectivity index (χ3n) is 11.1. The number of rotatable bonds is 48. The first-order valence-electron chi connectivity index (χ1n) is 25.9. The second-order valence-electron chi connectivity index (χ2n) is 18.5. The zero-order valence-electron chi connectivity index (χ0n) is 41.4. The Morgan fingerprint density at radius 2 is 0.887 bits per heavy atom. The molecule has 0 saturated carbocycles. The predicted octanol–water partition coefficient (Wildman–Crippen LogP) is 15.9. The number of carbonyl (C=O) groups excluding carboxylic acids is 1. The van der Waals surface area contributed by atoms with Crippen molar-refractivity contribution in [2.45, 2.75) is 232 Å². The lowest BCUT2D eigenvalue weighted by molar-refractivity contribution is -0.870. The van der Waals surface area contributed by atoms with Gasteiger partial charge in [-0.2, -0.15) is 0 Å². The molecule has 0 aliphatic rings. The van der Waals surface area contributed by atoms with Gasteiger partial charge in [0.05, 0.1) is 34.4 Å². The quantitative estimate of drug-likeness (QED) is 0.0214. The Bertz CT molecular complexity index is 1130. The van der Waals surface area contributed by atoms with Gasteiger partial charge in [-0.3, -0.25) is 13.8 Å². The number of unbranched alkanes of at least 4 members (excludes halogenated alkanes) is 26. The van der Waals surface area contributed by atoms with Gasteiger partial charge in [0.2, 0.25) is 0 Å². The average molecular weight is 895 g/mol. The van der Waals surface area contributed by atoms with E-state index >= 15 is 0 Å². The van der Waals surface area contributed by atoms with Crippen LogP contribution < -0.4 is 0 Å². The van der Waals surface area contributed by atoms with Crippen molar-refractivity contribution in [2.75, 3.05) is 54.1 Å². The van der Waals surface area contributed by atoms with E-state index in [1.807, 2.05) is 21.1 Å². The van der Waals surface area contributed by atoms with Crippen LogP contribution in [0.3, 0.4) is 0 Å². The van der Waals surface area contributed by atoms with Gasteiger partial charge in [-0.15, -0.1) is 0 Å². The van der Waals surface area contributed by atoms with E-state index in [4.69, 9.17) is 18.5 Å². The number of nitrogens with zero attached hydrogens (tertiary/aromatic N) is 1. The average Bonchev–Trinajstić information content (AvgIpc) is 3.23. The molecule has 0 aliphatic heterocycles. The van der Waals surface area contributed by atoms with Crippen LogP contribution >= 0.6 is 7.82 Å². The Hall–Kier alpha value is -1.54. The minimum atomic E-state index is -4.28. The van der Waals surface area contributed by atoms with Gasteiger partial charge in [0, 0.05) is 13.0 Å². The van der Waals surface area contributed by atoms with Crippen LogP contribution in [-0.4, -0.2) is 75.6 Å². The fourth-order valence-corrected chi connectivity index (χ4v) is 7.83. The van der Waals surface area contributed by atoms with E-state index in [0.717, 1.165) is 44.9 Å². The first-order valence-corrected chi connectivity index (χ1v) is 27.4. The summed E-state index contributed by atoms with van der Waals surface area (Å²) in [5.74, 6) is -0.319. The van der Waals surface area contributed by atoms with E-state index in [1.165, 1.54) is 161 Å². The van der Waals surface area contributed by atoms with E-state index in [1.54, 1.807) is 0 Å². The minimum absolute atomic E-state index is 0.0855. The fraction of sp³-hybridized carbons (Fsp3) is 0.830. The van der Waals surface area contributed by atoms with Gasteiger partial charge in [-0.25, -0.2) is 4.57 Å². The molecule has 0 saturated heterocycles. The molecule has 9 heteroatoms. The summed E-state index contributed by atoms with van der Waals surface area (Å²) >= 11 is 0. The van der Waals surface area contributed by atoms with Crippen LogP contribution in [0.1, 0.15) is 226 Å². The van der Waals surface area contributed by atoms with E-state index in [2.05, 4.69) is 62.5 Å². The molecule has 364 valence electrons. The third kappa shape index (κ3) is 49.5.